The van der Waals surface area contributed by atoms with Crippen LogP contribution in [0.4, 0.5) is 4.39 Å². The summed E-state index contributed by atoms with van der Waals surface area (Å²) in [6, 6.07) is 4.64. The number of benzene rings is 1. The number of hydrogen-bond donors (Lipinski definition) is 1. The van der Waals surface area contributed by atoms with Gasteiger partial charge in [-0.05, 0) is 37.0 Å². The first-order valence-corrected chi connectivity index (χ1v) is 6.92. The fourth-order valence-corrected chi connectivity index (χ4v) is 2.96. The standard InChI is InChI=1S/C14H18BrFO/c1-14(17,8-10-3-2-4-10)9-11-5-6-12(16)7-13(11)15/h5-7,10,17H,2-4,8-9H2,1H3. The van der Waals surface area contributed by atoms with Gasteiger partial charge in [-0.3, -0.25) is 0 Å². The second kappa shape index (κ2) is 5.07. The van der Waals surface area contributed by atoms with Crippen LogP contribution in [0, 0.1) is 11.7 Å². The Kier molecular flexibility index (Phi) is 3.88. The molecular weight excluding hydrogens is 283 g/mol. The van der Waals surface area contributed by atoms with Gasteiger partial charge in [0.25, 0.3) is 0 Å². The third kappa shape index (κ3) is 3.52. The van der Waals surface area contributed by atoms with Crippen molar-refractivity contribution in [3.05, 3.63) is 34.1 Å². The lowest BCUT2D eigenvalue weighted by Gasteiger charge is -2.33. The molecule has 1 N–H and O–H groups in total. The third-order valence-corrected chi connectivity index (χ3v) is 4.28. The molecule has 1 nitrogen and oxygen atoms in total. The molecule has 0 amide bonds. The molecule has 0 spiro atoms. The van der Waals surface area contributed by atoms with Crippen molar-refractivity contribution < 1.29 is 9.50 Å². The van der Waals surface area contributed by atoms with Gasteiger partial charge in [0.1, 0.15) is 5.82 Å². The molecule has 0 saturated heterocycles. The molecule has 94 valence electrons. The quantitative estimate of drug-likeness (QED) is 0.888. The summed E-state index contributed by atoms with van der Waals surface area (Å²) in [5.74, 6) is 0.420. The summed E-state index contributed by atoms with van der Waals surface area (Å²) < 4.78 is 13.7. The van der Waals surface area contributed by atoms with Crippen molar-refractivity contribution in [3.63, 3.8) is 0 Å². The van der Waals surface area contributed by atoms with Gasteiger partial charge in [0, 0.05) is 10.9 Å². The Labute approximate surface area is 110 Å². The van der Waals surface area contributed by atoms with E-state index in [9.17, 15) is 9.50 Å². The van der Waals surface area contributed by atoms with Crippen LogP contribution in [-0.2, 0) is 6.42 Å². The highest BCUT2D eigenvalue weighted by Crippen LogP contribution is 2.35. The highest BCUT2D eigenvalue weighted by Gasteiger charge is 2.29. The van der Waals surface area contributed by atoms with Crippen molar-refractivity contribution in [2.75, 3.05) is 0 Å². The van der Waals surface area contributed by atoms with Crippen molar-refractivity contribution in [1.82, 2.24) is 0 Å². The van der Waals surface area contributed by atoms with Crippen LogP contribution in [0.3, 0.4) is 0 Å². The van der Waals surface area contributed by atoms with Gasteiger partial charge in [0.2, 0.25) is 0 Å². The summed E-state index contributed by atoms with van der Waals surface area (Å²) in [5, 5.41) is 10.4. The molecule has 1 atom stereocenters. The zero-order valence-electron chi connectivity index (χ0n) is 10.0. The van der Waals surface area contributed by atoms with E-state index in [0.717, 1.165) is 16.5 Å². The smallest absolute Gasteiger partial charge is 0.124 e. The third-order valence-electron chi connectivity index (χ3n) is 3.54. The average Bonchev–Trinajstić information content (AvgIpc) is 2.17. The van der Waals surface area contributed by atoms with Gasteiger partial charge in [0.15, 0.2) is 0 Å². The van der Waals surface area contributed by atoms with E-state index in [-0.39, 0.29) is 5.82 Å². The minimum Gasteiger partial charge on any atom is -0.390 e. The molecule has 1 saturated carbocycles. The fourth-order valence-electron chi connectivity index (χ4n) is 2.47. The fraction of sp³-hybridized carbons (Fsp3) is 0.571. The van der Waals surface area contributed by atoms with Crippen LogP contribution < -0.4 is 0 Å². The molecule has 3 heteroatoms. The highest BCUT2D eigenvalue weighted by molar-refractivity contribution is 9.10. The summed E-state index contributed by atoms with van der Waals surface area (Å²) in [4.78, 5) is 0. The Bertz CT molecular complexity index is 399. The second-order valence-electron chi connectivity index (χ2n) is 5.41. The zero-order valence-corrected chi connectivity index (χ0v) is 11.6. The molecule has 0 bridgehead atoms. The molecule has 1 aliphatic rings. The van der Waals surface area contributed by atoms with E-state index in [4.69, 9.17) is 0 Å². The molecule has 0 aliphatic heterocycles. The Morgan fingerprint density at radius 1 is 1.47 bits per heavy atom. The largest absolute Gasteiger partial charge is 0.390 e. The first-order valence-electron chi connectivity index (χ1n) is 6.13. The predicted molar refractivity (Wildman–Crippen MR) is 70.4 cm³/mol. The van der Waals surface area contributed by atoms with E-state index >= 15 is 0 Å². The van der Waals surface area contributed by atoms with E-state index in [1.807, 2.05) is 6.92 Å². The van der Waals surface area contributed by atoms with Crippen LogP contribution in [-0.4, -0.2) is 10.7 Å². The van der Waals surface area contributed by atoms with Crippen molar-refractivity contribution in [1.29, 1.82) is 0 Å². The van der Waals surface area contributed by atoms with Gasteiger partial charge in [-0.25, -0.2) is 4.39 Å². The first-order chi connectivity index (χ1) is 7.96. The molecule has 17 heavy (non-hydrogen) atoms. The van der Waals surface area contributed by atoms with E-state index in [2.05, 4.69) is 15.9 Å². The summed E-state index contributed by atoms with van der Waals surface area (Å²) in [5.41, 5.74) is 0.279. The zero-order chi connectivity index (χ0) is 12.5. The van der Waals surface area contributed by atoms with Crippen molar-refractivity contribution in [2.45, 2.75) is 44.6 Å². The molecule has 1 aliphatic carbocycles. The van der Waals surface area contributed by atoms with Gasteiger partial charge in [0.05, 0.1) is 5.60 Å². The molecular formula is C14H18BrFO. The molecule has 2 rings (SSSR count). The predicted octanol–water partition coefficient (Wildman–Crippen LogP) is 4.07. The van der Waals surface area contributed by atoms with Gasteiger partial charge < -0.3 is 5.11 Å². The maximum Gasteiger partial charge on any atom is 0.124 e. The monoisotopic (exact) mass is 300 g/mol. The highest BCUT2D eigenvalue weighted by atomic mass is 79.9. The Morgan fingerprint density at radius 2 is 2.18 bits per heavy atom. The SMILES string of the molecule is CC(O)(Cc1ccc(F)cc1Br)CC1CCC1. The number of rotatable bonds is 4. The van der Waals surface area contributed by atoms with E-state index < -0.39 is 5.60 Å². The van der Waals surface area contributed by atoms with Gasteiger partial charge in [-0.15, -0.1) is 0 Å². The van der Waals surface area contributed by atoms with Gasteiger partial charge in [-0.2, -0.15) is 0 Å². The topological polar surface area (TPSA) is 20.2 Å². The molecule has 1 aromatic carbocycles. The molecule has 1 unspecified atom stereocenters. The van der Waals surface area contributed by atoms with Crippen molar-refractivity contribution in [3.8, 4) is 0 Å². The second-order valence-corrected chi connectivity index (χ2v) is 6.26. The minimum absolute atomic E-state index is 0.251. The Balaban J connectivity index is 2.02. The van der Waals surface area contributed by atoms with Crippen molar-refractivity contribution in [2.24, 2.45) is 5.92 Å². The molecule has 0 heterocycles. The number of hydrogen-bond acceptors (Lipinski definition) is 1. The van der Waals surface area contributed by atoms with Gasteiger partial charge in [-0.1, -0.05) is 41.3 Å². The molecule has 1 fully saturated rings. The lowest BCUT2D eigenvalue weighted by molar-refractivity contribution is 0.0203. The van der Waals surface area contributed by atoms with E-state index in [1.165, 1.54) is 31.4 Å². The number of halogens is 2. The molecule has 0 radical (unpaired) electrons. The average molecular weight is 301 g/mol. The summed E-state index contributed by atoms with van der Waals surface area (Å²) in [6.45, 7) is 1.88. The first kappa shape index (κ1) is 13.0. The summed E-state index contributed by atoms with van der Waals surface area (Å²) in [7, 11) is 0. The molecule has 1 aromatic rings. The minimum atomic E-state index is -0.689. The summed E-state index contributed by atoms with van der Waals surface area (Å²) >= 11 is 3.35. The number of aliphatic hydroxyl groups is 1. The summed E-state index contributed by atoms with van der Waals surface area (Å²) in [6.07, 6.45) is 5.18. The molecule has 0 aromatic heterocycles. The maximum absolute atomic E-state index is 13.0. The Hall–Kier alpha value is -0.410. The maximum atomic E-state index is 13.0. The Morgan fingerprint density at radius 3 is 2.71 bits per heavy atom. The van der Waals surface area contributed by atoms with Crippen LogP contribution in [0.1, 0.15) is 38.2 Å². The van der Waals surface area contributed by atoms with E-state index in [1.54, 1.807) is 6.07 Å². The lowest BCUT2D eigenvalue weighted by atomic mass is 9.76. The van der Waals surface area contributed by atoms with Crippen LogP contribution in [0.15, 0.2) is 22.7 Å². The van der Waals surface area contributed by atoms with Crippen LogP contribution in [0.2, 0.25) is 0 Å². The normalized spacial score (nSPS) is 19.8. The van der Waals surface area contributed by atoms with Crippen LogP contribution in [0.25, 0.3) is 0 Å². The van der Waals surface area contributed by atoms with Crippen LogP contribution >= 0.6 is 15.9 Å². The van der Waals surface area contributed by atoms with Crippen LogP contribution in [0.5, 0.6) is 0 Å². The van der Waals surface area contributed by atoms with E-state index in [0.29, 0.717) is 12.3 Å². The van der Waals surface area contributed by atoms with Crippen molar-refractivity contribution >= 4 is 15.9 Å². The lowest BCUT2D eigenvalue weighted by Crippen LogP contribution is -2.32. The van der Waals surface area contributed by atoms with Gasteiger partial charge >= 0.3 is 0 Å².